The van der Waals surface area contributed by atoms with Crippen molar-refractivity contribution < 1.29 is 14.3 Å². The summed E-state index contributed by atoms with van der Waals surface area (Å²) < 4.78 is 12.1. The molecule has 2 aliphatic rings. The van der Waals surface area contributed by atoms with Crippen molar-refractivity contribution in [3.05, 3.63) is 46.7 Å². The lowest BCUT2D eigenvalue weighted by molar-refractivity contribution is 0.0322. The molecule has 8 heteroatoms. The van der Waals surface area contributed by atoms with Crippen molar-refractivity contribution in [3.63, 3.8) is 0 Å². The minimum atomic E-state index is -0.231. The summed E-state index contributed by atoms with van der Waals surface area (Å²) in [5.41, 5.74) is 2.17. The zero-order valence-electron chi connectivity index (χ0n) is 17.7. The number of piperidine rings is 1. The molecule has 0 unspecified atom stereocenters. The van der Waals surface area contributed by atoms with Gasteiger partial charge in [-0.1, -0.05) is 6.07 Å². The van der Waals surface area contributed by atoms with Crippen LogP contribution in [0.1, 0.15) is 29.8 Å². The van der Waals surface area contributed by atoms with Crippen LogP contribution in [0.3, 0.4) is 0 Å². The van der Waals surface area contributed by atoms with Crippen LogP contribution in [-0.4, -0.2) is 68.3 Å². The molecule has 1 aromatic heterocycles. The van der Waals surface area contributed by atoms with Gasteiger partial charge in [-0.2, -0.15) is 0 Å². The summed E-state index contributed by atoms with van der Waals surface area (Å²) in [6.07, 6.45) is 3.58. The van der Waals surface area contributed by atoms with Crippen LogP contribution in [0.15, 0.2) is 41.0 Å². The van der Waals surface area contributed by atoms with Crippen LogP contribution in [0.25, 0.3) is 0 Å². The average molecular weight is 489 g/mol. The first-order valence-corrected chi connectivity index (χ1v) is 11.7. The molecule has 0 saturated carbocycles. The normalized spacial score (nSPS) is 17.4. The monoisotopic (exact) mass is 488 g/mol. The number of benzene rings is 1. The van der Waals surface area contributed by atoms with Gasteiger partial charge < -0.3 is 19.7 Å². The Hall–Kier alpha value is -2.16. The molecule has 166 valence electrons. The number of hydrogen-bond acceptors (Lipinski definition) is 6. The highest BCUT2D eigenvalue weighted by Crippen LogP contribution is 2.32. The van der Waals surface area contributed by atoms with Gasteiger partial charge in [0.15, 0.2) is 0 Å². The molecule has 0 atom stereocenters. The second kappa shape index (κ2) is 10.9. The molecule has 2 aromatic rings. The van der Waals surface area contributed by atoms with Gasteiger partial charge in [-0.15, -0.1) is 0 Å². The van der Waals surface area contributed by atoms with Crippen LogP contribution < -0.4 is 15.0 Å². The topological polar surface area (TPSA) is 66.9 Å². The number of pyridine rings is 1. The van der Waals surface area contributed by atoms with Crippen molar-refractivity contribution in [2.24, 2.45) is 0 Å². The van der Waals surface area contributed by atoms with Gasteiger partial charge in [0.2, 0.25) is 0 Å². The number of morpholine rings is 1. The number of carbonyl (C=O) groups is 1. The smallest absolute Gasteiger partial charge is 0.274 e. The first-order chi connectivity index (χ1) is 15.2. The van der Waals surface area contributed by atoms with Gasteiger partial charge in [-0.05, 0) is 59.5 Å². The van der Waals surface area contributed by atoms with Crippen molar-refractivity contribution in [2.75, 3.05) is 62.8 Å². The third kappa shape index (κ3) is 6.18. The van der Waals surface area contributed by atoms with Gasteiger partial charge >= 0.3 is 0 Å². The van der Waals surface area contributed by atoms with E-state index in [1.54, 1.807) is 12.1 Å². The molecule has 2 aliphatic heterocycles. The van der Waals surface area contributed by atoms with E-state index in [1.165, 1.54) is 19.3 Å². The van der Waals surface area contributed by atoms with Crippen molar-refractivity contribution in [3.8, 4) is 5.75 Å². The van der Waals surface area contributed by atoms with Gasteiger partial charge in [0.05, 0.1) is 24.6 Å². The highest BCUT2D eigenvalue weighted by atomic mass is 79.9. The maximum atomic E-state index is 12.9. The predicted octanol–water partition coefficient (Wildman–Crippen LogP) is 3.80. The maximum Gasteiger partial charge on any atom is 0.274 e. The number of halogens is 1. The summed E-state index contributed by atoms with van der Waals surface area (Å²) in [4.78, 5) is 21.8. The Morgan fingerprint density at radius 1 is 1.10 bits per heavy atom. The van der Waals surface area contributed by atoms with Gasteiger partial charge in [0.1, 0.15) is 22.7 Å². The quantitative estimate of drug-likeness (QED) is 0.597. The molecule has 7 nitrogen and oxygen atoms in total. The van der Waals surface area contributed by atoms with Crippen LogP contribution in [0, 0.1) is 0 Å². The van der Waals surface area contributed by atoms with Gasteiger partial charge in [-0.25, -0.2) is 4.98 Å². The number of carbonyl (C=O) groups excluding carboxylic acids is 1. The lowest BCUT2D eigenvalue weighted by atomic mass is 10.1. The Kier molecular flexibility index (Phi) is 7.77. The van der Waals surface area contributed by atoms with E-state index in [9.17, 15) is 4.79 Å². The Morgan fingerprint density at radius 2 is 1.90 bits per heavy atom. The number of amides is 1. The molecule has 2 saturated heterocycles. The largest absolute Gasteiger partial charge is 0.492 e. The Balaban J connectivity index is 1.48. The van der Waals surface area contributed by atoms with E-state index in [0.29, 0.717) is 16.9 Å². The summed E-state index contributed by atoms with van der Waals surface area (Å²) in [5, 5.41) is 3.06. The molecule has 1 aromatic carbocycles. The van der Waals surface area contributed by atoms with Gasteiger partial charge in [0, 0.05) is 38.8 Å². The maximum absolute atomic E-state index is 12.9. The van der Waals surface area contributed by atoms with Crippen LogP contribution in [0.5, 0.6) is 5.75 Å². The Labute approximate surface area is 191 Å². The molecule has 3 heterocycles. The van der Waals surface area contributed by atoms with E-state index < -0.39 is 0 Å². The van der Waals surface area contributed by atoms with Gasteiger partial charge in [0.25, 0.3) is 5.91 Å². The van der Waals surface area contributed by atoms with E-state index in [4.69, 9.17) is 9.47 Å². The van der Waals surface area contributed by atoms with Crippen LogP contribution >= 0.6 is 15.9 Å². The van der Waals surface area contributed by atoms with Crippen molar-refractivity contribution in [1.82, 2.24) is 9.88 Å². The second-order valence-electron chi connectivity index (χ2n) is 7.83. The summed E-state index contributed by atoms with van der Waals surface area (Å²) >= 11 is 3.33. The number of nitrogens with one attached hydrogen (secondary N) is 1. The average Bonchev–Trinajstić information content (AvgIpc) is 2.80. The Bertz CT molecular complexity index is 883. The molecule has 31 heavy (non-hydrogen) atoms. The summed E-state index contributed by atoms with van der Waals surface area (Å²) in [7, 11) is 0. The number of rotatable bonds is 7. The molecule has 1 N–H and O–H groups in total. The zero-order valence-corrected chi connectivity index (χ0v) is 19.3. The predicted molar refractivity (Wildman–Crippen MR) is 125 cm³/mol. The fourth-order valence-corrected chi connectivity index (χ4v) is 4.30. The number of anilines is 2. The van der Waals surface area contributed by atoms with Crippen LogP contribution in [0.2, 0.25) is 0 Å². The molecular formula is C23H29BrN4O3. The van der Waals surface area contributed by atoms with E-state index in [2.05, 4.69) is 42.1 Å². The molecule has 0 spiro atoms. The first kappa shape index (κ1) is 22.0. The first-order valence-electron chi connectivity index (χ1n) is 10.9. The highest BCUT2D eigenvalue weighted by molar-refractivity contribution is 9.10. The molecule has 1 amide bonds. The molecule has 2 fully saturated rings. The van der Waals surface area contributed by atoms with Crippen molar-refractivity contribution in [1.29, 1.82) is 0 Å². The molecule has 0 radical (unpaired) electrons. The highest BCUT2D eigenvalue weighted by Gasteiger charge is 2.18. The summed E-state index contributed by atoms with van der Waals surface area (Å²) in [5.74, 6) is 0.525. The number of ether oxygens (including phenoxy) is 2. The zero-order chi connectivity index (χ0) is 21.5. The Morgan fingerprint density at radius 3 is 2.68 bits per heavy atom. The number of aromatic nitrogens is 1. The lowest BCUT2D eigenvalue weighted by Gasteiger charge is -2.31. The fraction of sp³-hybridized carbons (Fsp3) is 0.478. The van der Waals surface area contributed by atoms with E-state index in [0.717, 1.165) is 63.1 Å². The third-order valence-corrected chi connectivity index (χ3v) is 6.08. The minimum Gasteiger partial charge on any atom is -0.492 e. The number of nitrogens with zero attached hydrogens (tertiary/aromatic N) is 3. The van der Waals surface area contributed by atoms with Crippen molar-refractivity contribution in [2.45, 2.75) is 19.3 Å². The molecule has 0 bridgehead atoms. The van der Waals surface area contributed by atoms with Crippen LogP contribution in [-0.2, 0) is 4.74 Å². The standard InChI is InChI=1S/C23H29BrN4O3/c24-22-6-4-5-19(25-22)23(29)26-20-17-18(31-16-13-27-11-14-30-15-12-27)7-8-21(20)28-9-2-1-3-10-28/h4-8,17H,1-3,9-16H2,(H,26,29). The fourth-order valence-electron chi connectivity index (χ4n) is 3.95. The van der Waals surface area contributed by atoms with E-state index in [-0.39, 0.29) is 5.91 Å². The second-order valence-corrected chi connectivity index (χ2v) is 8.64. The van der Waals surface area contributed by atoms with E-state index >= 15 is 0 Å². The van der Waals surface area contributed by atoms with E-state index in [1.807, 2.05) is 18.2 Å². The van der Waals surface area contributed by atoms with Gasteiger partial charge in [-0.3, -0.25) is 9.69 Å². The SMILES string of the molecule is O=C(Nc1cc(OCCN2CCOCC2)ccc1N1CCCCC1)c1cccc(Br)n1. The lowest BCUT2D eigenvalue weighted by Crippen LogP contribution is -2.38. The van der Waals surface area contributed by atoms with Crippen molar-refractivity contribution >= 4 is 33.2 Å². The third-order valence-electron chi connectivity index (χ3n) is 5.64. The molecule has 0 aliphatic carbocycles. The summed E-state index contributed by atoms with van der Waals surface area (Å²) in [6, 6.07) is 11.3. The summed E-state index contributed by atoms with van der Waals surface area (Å²) in [6.45, 7) is 6.90. The molecular weight excluding hydrogens is 460 g/mol. The van der Waals surface area contributed by atoms with Crippen LogP contribution in [0.4, 0.5) is 11.4 Å². The number of hydrogen-bond donors (Lipinski definition) is 1. The molecule has 4 rings (SSSR count). The minimum absolute atomic E-state index is 0.231.